The third-order valence-electron chi connectivity index (χ3n) is 1.88. The first-order chi connectivity index (χ1) is 6.56. The van der Waals surface area contributed by atoms with Gasteiger partial charge in [0.25, 0.3) is 5.69 Å². The quantitative estimate of drug-likeness (QED) is 0.440. The van der Waals surface area contributed by atoms with Crippen molar-refractivity contribution < 1.29 is 9.72 Å². The van der Waals surface area contributed by atoms with Crippen molar-refractivity contribution in [1.82, 2.24) is 0 Å². The van der Waals surface area contributed by atoms with Crippen LogP contribution in [0.25, 0.3) is 0 Å². The second-order valence-corrected chi connectivity index (χ2v) is 3.32. The Hall–Kier alpha value is -1.42. The molecule has 14 heavy (non-hydrogen) atoms. The Kier molecular flexibility index (Phi) is 3.19. The fourth-order valence-electron chi connectivity index (χ4n) is 1.13. The molecule has 0 spiro atoms. The summed E-state index contributed by atoms with van der Waals surface area (Å²) in [6.45, 7) is 1.60. The van der Waals surface area contributed by atoms with Gasteiger partial charge in [0.1, 0.15) is 6.29 Å². The smallest absolute Gasteiger partial charge is 0.274 e. The minimum atomic E-state index is -0.540. The van der Waals surface area contributed by atoms with Gasteiger partial charge in [-0.3, -0.25) is 10.1 Å². The van der Waals surface area contributed by atoms with E-state index in [0.29, 0.717) is 16.9 Å². The molecule has 4 nitrogen and oxygen atoms in total. The fraction of sp³-hybridized carbons (Fsp3) is 0.222. The molecule has 0 aliphatic heterocycles. The van der Waals surface area contributed by atoms with Gasteiger partial charge in [0.15, 0.2) is 0 Å². The molecule has 0 saturated carbocycles. The summed E-state index contributed by atoms with van der Waals surface area (Å²) in [5, 5.41) is 10.9. The summed E-state index contributed by atoms with van der Waals surface area (Å²) in [6.07, 6.45) is 0.663. The first-order valence-corrected chi connectivity index (χ1v) is 4.33. The van der Waals surface area contributed by atoms with E-state index in [0.717, 1.165) is 0 Å². The molecule has 0 aromatic heterocycles. The monoisotopic (exact) mass is 213 g/mol. The van der Waals surface area contributed by atoms with Crippen LogP contribution in [-0.4, -0.2) is 11.2 Å². The molecule has 1 unspecified atom stereocenters. The first-order valence-electron chi connectivity index (χ1n) is 3.95. The molecule has 0 saturated heterocycles. The SMILES string of the molecule is CC(C=O)c1ccc(Cl)cc1[N+](=O)[O-]. The van der Waals surface area contributed by atoms with E-state index in [-0.39, 0.29) is 5.69 Å². The van der Waals surface area contributed by atoms with Gasteiger partial charge in [0.05, 0.1) is 4.92 Å². The van der Waals surface area contributed by atoms with Crippen LogP contribution in [0, 0.1) is 10.1 Å². The number of carbonyl (C=O) groups excluding carboxylic acids is 1. The molecule has 1 rings (SSSR count). The third-order valence-corrected chi connectivity index (χ3v) is 2.12. The molecule has 0 N–H and O–H groups in total. The Morgan fingerprint density at radius 1 is 1.57 bits per heavy atom. The van der Waals surface area contributed by atoms with Gasteiger partial charge in [-0.15, -0.1) is 0 Å². The topological polar surface area (TPSA) is 60.2 Å². The van der Waals surface area contributed by atoms with Crippen LogP contribution in [0.4, 0.5) is 5.69 Å². The van der Waals surface area contributed by atoms with Gasteiger partial charge in [-0.2, -0.15) is 0 Å². The van der Waals surface area contributed by atoms with Gasteiger partial charge in [-0.1, -0.05) is 18.5 Å². The van der Waals surface area contributed by atoms with E-state index in [1.54, 1.807) is 6.92 Å². The molecule has 5 heteroatoms. The molecule has 0 radical (unpaired) electrons. The van der Waals surface area contributed by atoms with Crippen molar-refractivity contribution in [2.75, 3.05) is 0 Å². The zero-order valence-corrected chi connectivity index (χ0v) is 8.19. The normalized spacial score (nSPS) is 12.1. The Morgan fingerprint density at radius 3 is 2.71 bits per heavy atom. The van der Waals surface area contributed by atoms with Crippen molar-refractivity contribution in [2.45, 2.75) is 12.8 Å². The zero-order chi connectivity index (χ0) is 10.7. The maximum atomic E-state index is 10.6. The molecular formula is C9H8ClNO3. The highest BCUT2D eigenvalue weighted by Gasteiger charge is 2.18. The molecule has 0 fully saturated rings. The number of nitro groups is 1. The molecule has 0 bridgehead atoms. The zero-order valence-electron chi connectivity index (χ0n) is 7.44. The number of nitrogens with zero attached hydrogens (tertiary/aromatic N) is 1. The van der Waals surface area contributed by atoms with Gasteiger partial charge in [0.2, 0.25) is 0 Å². The summed E-state index contributed by atoms with van der Waals surface area (Å²) in [5.74, 6) is -0.493. The summed E-state index contributed by atoms with van der Waals surface area (Å²) >= 11 is 5.62. The number of hydrogen-bond donors (Lipinski definition) is 0. The first kappa shape index (κ1) is 10.7. The van der Waals surface area contributed by atoms with Crippen LogP contribution >= 0.6 is 11.6 Å². The molecular weight excluding hydrogens is 206 g/mol. The van der Waals surface area contributed by atoms with Crippen LogP contribution in [-0.2, 0) is 4.79 Å². The largest absolute Gasteiger partial charge is 0.303 e. The predicted octanol–water partition coefficient (Wildman–Crippen LogP) is 2.55. The molecule has 1 aromatic rings. The molecule has 0 aliphatic rings. The number of rotatable bonds is 3. The van der Waals surface area contributed by atoms with Crippen LogP contribution in [0.5, 0.6) is 0 Å². The van der Waals surface area contributed by atoms with Gasteiger partial charge >= 0.3 is 0 Å². The Morgan fingerprint density at radius 2 is 2.21 bits per heavy atom. The minimum absolute atomic E-state index is 0.114. The number of benzene rings is 1. The summed E-state index contributed by atoms with van der Waals surface area (Å²) in [4.78, 5) is 20.6. The Bertz CT molecular complexity index is 378. The lowest BCUT2D eigenvalue weighted by atomic mass is 10.0. The van der Waals surface area contributed by atoms with Crippen molar-refractivity contribution in [2.24, 2.45) is 0 Å². The van der Waals surface area contributed by atoms with E-state index in [4.69, 9.17) is 11.6 Å². The van der Waals surface area contributed by atoms with E-state index in [2.05, 4.69) is 0 Å². The van der Waals surface area contributed by atoms with Crippen molar-refractivity contribution in [3.05, 3.63) is 38.9 Å². The summed E-state index contributed by atoms with van der Waals surface area (Å²) < 4.78 is 0. The van der Waals surface area contributed by atoms with Crippen molar-refractivity contribution in [3.8, 4) is 0 Å². The maximum absolute atomic E-state index is 10.6. The molecule has 1 atom stereocenters. The van der Waals surface area contributed by atoms with Crippen LogP contribution in [0.3, 0.4) is 0 Å². The number of nitro benzene ring substituents is 1. The lowest BCUT2D eigenvalue weighted by molar-refractivity contribution is -0.385. The van der Waals surface area contributed by atoms with E-state index in [1.165, 1.54) is 18.2 Å². The summed E-state index contributed by atoms with van der Waals surface area (Å²) in [6, 6.07) is 4.28. The summed E-state index contributed by atoms with van der Waals surface area (Å²) in [5.41, 5.74) is 0.270. The fourth-order valence-corrected chi connectivity index (χ4v) is 1.30. The van der Waals surface area contributed by atoms with Gasteiger partial charge < -0.3 is 4.79 Å². The number of carbonyl (C=O) groups is 1. The second kappa shape index (κ2) is 4.19. The lowest BCUT2D eigenvalue weighted by Crippen LogP contribution is -2.00. The second-order valence-electron chi connectivity index (χ2n) is 2.89. The van der Waals surface area contributed by atoms with Crippen molar-refractivity contribution in [1.29, 1.82) is 0 Å². The highest BCUT2D eigenvalue weighted by Crippen LogP contribution is 2.28. The van der Waals surface area contributed by atoms with Gasteiger partial charge in [-0.05, 0) is 12.1 Å². The number of halogens is 1. The molecule has 74 valence electrons. The molecule has 1 aromatic carbocycles. The minimum Gasteiger partial charge on any atom is -0.303 e. The van der Waals surface area contributed by atoms with E-state index >= 15 is 0 Å². The molecule has 0 amide bonds. The van der Waals surface area contributed by atoms with Gasteiger partial charge in [0, 0.05) is 22.6 Å². The lowest BCUT2D eigenvalue weighted by Gasteiger charge is -2.04. The number of hydrogen-bond acceptors (Lipinski definition) is 3. The van der Waals surface area contributed by atoms with Crippen molar-refractivity contribution in [3.63, 3.8) is 0 Å². The highest BCUT2D eigenvalue weighted by molar-refractivity contribution is 6.30. The Labute approximate surface area is 85.6 Å². The predicted molar refractivity (Wildman–Crippen MR) is 52.6 cm³/mol. The van der Waals surface area contributed by atoms with Crippen LogP contribution < -0.4 is 0 Å². The third kappa shape index (κ3) is 2.09. The van der Waals surface area contributed by atoms with Crippen LogP contribution in [0.1, 0.15) is 18.4 Å². The maximum Gasteiger partial charge on any atom is 0.274 e. The number of aldehydes is 1. The average molecular weight is 214 g/mol. The van der Waals surface area contributed by atoms with Crippen molar-refractivity contribution >= 4 is 23.6 Å². The molecule has 0 aliphatic carbocycles. The van der Waals surface area contributed by atoms with Crippen LogP contribution in [0.2, 0.25) is 5.02 Å². The standard InChI is InChI=1S/C9H8ClNO3/c1-6(5-12)8-3-2-7(10)4-9(8)11(13)14/h2-6H,1H3. The van der Waals surface area contributed by atoms with E-state index in [1.807, 2.05) is 0 Å². The molecule has 0 heterocycles. The van der Waals surface area contributed by atoms with E-state index < -0.39 is 10.8 Å². The highest BCUT2D eigenvalue weighted by atomic mass is 35.5. The Balaban J connectivity index is 3.28. The summed E-state index contributed by atoms with van der Waals surface area (Å²) in [7, 11) is 0. The van der Waals surface area contributed by atoms with E-state index in [9.17, 15) is 14.9 Å². The van der Waals surface area contributed by atoms with Gasteiger partial charge in [-0.25, -0.2) is 0 Å². The van der Waals surface area contributed by atoms with Crippen LogP contribution in [0.15, 0.2) is 18.2 Å². The average Bonchev–Trinajstić information content (AvgIpc) is 2.16.